The zero-order chi connectivity index (χ0) is 14.3. The van der Waals surface area contributed by atoms with Crippen LogP contribution in [0.1, 0.15) is 12.0 Å². The number of likely N-dealkylation sites (N-methyl/N-ethyl adjacent to an activating group) is 1. The lowest BCUT2D eigenvalue weighted by Gasteiger charge is -2.23. The standard InChI is InChI=1S/C14H19N3O3/c1-15(2)10-5-7-16(9-10)12-3-4-13(17(18)19)14-11(12)6-8-20-14/h3-4,10H,5-9H2,1-2H3. The molecule has 3 rings (SSSR count). The van der Waals surface area contributed by atoms with E-state index in [2.05, 4.69) is 23.9 Å². The Morgan fingerprint density at radius 3 is 2.90 bits per heavy atom. The predicted octanol–water partition coefficient (Wildman–Crippen LogP) is 1.67. The van der Waals surface area contributed by atoms with Crippen LogP contribution >= 0.6 is 0 Å². The molecule has 0 amide bonds. The zero-order valence-electron chi connectivity index (χ0n) is 11.8. The summed E-state index contributed by atoms with van der Waals surface area (Å²) in [6.07, 6.45) is 1.88. The largest absolute Gasteiger partial charge is 0.486 e. The maximum atomic E-state index is 11.0. The number of nitro benzene ring substituents is 1. The van der Waals surface area contributed by atoms with Crippen LogP contribution in [0.3, 0.4) is 0 Å². The molecule has 1 fully saturated rings. The van der Waals surface area contributed by atoms with Crippen LogP contribution in [-0.2, 0) is 6.42 Å². The normalized spacial score (nSPS) is 21.1. The van der Waals surface area contributed by atoms with Gasteiger partial charge in [0.1, 0.15) is 0 Å². The number of hydrogen-bond acceptors (Lipinski definition) is 5. The Balaban J connectivity index is 1.92. The smallest absolute Gasteiger partial charge is 0.311 e. The summed E-state index contributed by atoms with van der Waals surface area (Å²) < 4.78 is 5.49. The Morgan fingerprint density at radius 1 is 1.45 bits per heavy atom. The van der Waals surface area contributed by atoms with E-state index in [4.69, 9.17) is 4.74 Å². The summed E-state index contributed by atoms with van der Waals surface area (Å²) in [4.78, 5) is 15.2. The van der Waals surface area contributed by atoms with Crippen molar-refractivity contribution in [2.24, 2.45) is 0 Å². The van der Waals surface area contributed by atoms with Crippen molar-refractivity contribution in [3.63, 3.8) is 0 Å². The van der Waals surface area contributed by atoms with Crippen molar-refractivity contribution in [1.29, 1.82) is 0 Å². The molecule has 6 heteroatoms. The topological polar surface area (TPSA) is 58.9 Å². The van der Waals surface area contributed by atoms with Crippen LogP contribution in [0.2, 0.25) is 0 Å². The van der Waals surface area contributed by atoms with Gasteiger partial charge in [-0.3, -0.25) is 10.1 Å². The molecule has 0 saturated carbocycles. The predicted molar refractivity (Wildman–Crippen MR) is 76.6 cm³/mol. The molecule has 2 heterocycles. The number of hydrogen-bond donors (Lipinski definition) is 0. The monoisotopic (exact) mass is 277 g/mol. The Labute approximate surface area is 118 Å². The number of fused-ring (bicyclic) bond motifs is 1. The lowest BCUT2D eigenvalue weighted by molar-refractivity contribution is -0.385. The van der Waals surface area contributed by atoms with Crippen LogP contribution in [0.25, 0.3) is 0 Å². The van der Waals surface area contributed by atoms with E-state index < -0.39 is 0 Å². The molecule has 0 bridgehead atoms. The summed E-state index contributed by atoms with van der Waals surface area (Å²) in [7, 11) is 4.19. The molecule has 2 aliphatic rings. The molecule has 0 spiro atoms. The Morgan fingerprint density at radius 2 is 2.25 bits per heavy atom. The molecule has 0 radical (unpaired) electrons. The van der Waals surface area contributed by atoms with Crippen LogP contribution in [0.15, 0.2) is 12.1 Å². The van der Waals surface area contributed by atoms with Crippen molar-refractivity contribution in [3.05, 3.63) is 27.8 Å². The number of nitrogens with zero attached hydrogens (tertiary/aromatic N) is 3. The van der Waals surface area contributed by atoms with E-state index in [9.17, 15) is 10.1 Å². The third-order valence-corrected chi connectivity index (χ3v) is 4.24. The fourth-order valence-corrected chi connectivity index (χ4v) is 3.09. The molecule has 108 valence electrons. The van der Waals surface area contributed by atoms with Crippen molar-refractivity contribution in [2.45, 2.75) is 18.9 Å². The zero-order valence-corrected chi connectivity index (χ0v) is 11.8. The fraction of sp³-hybridized carbons (Fsp3) is 0.571. The van der Waals surface area contributed by atoms with Gasteiger partial charge in [0.15, 0.2) is 0 Å². The van der Waals surface area contributed by atoms with Gasteiger partial charge in [0.25, 0.3) is 0 Å². The van der Waals surface area contributed by atoms with Crippen molar-refractivity contribution >= 4 is 11.4 Å². The SMILES string of the molecule is CN(C)C1CCN(c2ccc([N+](=O)[O-])c3c2CCO3)C1. The summed E-state index contributed by atoms with van der Waals surface area (Å²) >= 11 is 0. The van der Waals surface area contributed by atoms with Crippen LogP contribution in [0.4, 0.5) is 11.4 Å². The molecular formula is C14H19N3O3. The second-order valence-corrected chi connectivity index (χ2v) is 5.62. The maximum absolute atomic E-state index is 11.0. The highest BCUT2D eigenvalue weighted by molar-refractivity contribution is 5.68. The van der Waals surface area contributed by atoms with Crippen LogP contribution < -0.4 is 9.64 Å². The Kier molecular flexibility index (Phi) is 3.25. The molecule has 1 atom stereocenters. The molecule has 0 N–H and O–H groups in total. The lowest BCUT2D eigenvalue weighted by Crippen LogP contribution is -2.31. The maximum Gasteiger partial charge on any atom is 0.311 e. The third-order valence-electron chi connectivity index (χ3n) is 4.24. The van der Waals surface area contributed by atoms with E-state index in [1.165, 1.54) is 0 Å². The van der Waals surface area contributed by atoms with E-state index in [1.54, 1.807) is 6.07 Å². The number of benzene rings is 1. The first kappa shape index (κ1) is 13.2. The van der Waals surface area contributed by atoms with Gasteiger partial charge in [-0.1, -0.05) is 0 Å². The van der Waals surface area contributed by atoms with Crippen molar-refractivity contribution in [2.75, 3.05) is 38.7 Å². The first-order valence-corrected chi connectivity index (χ1v) is 6.92. The summed E-state index contributed by atoms with van der Waals surface area (Å²) in [5.74, 6) is 0.473. The lowest BCUT2D eigenvalue weighted by atomic mass is 10.1. The number of nitro groups is 1. The van der Waals surface area contributed by atoms with Crippen molar-refractivity contribution < 1.29 is 9.66 Å². The minimum atomic E-state index is -0.361. The summed E-state index contributed by atoms with van der Waals surface area (Å²) in [6, 6.07) is 4.00. The number of rotatable bonds is 3. The summed E-state index contributed by atoms with van der Waals surface area (Å²) in [6.45, 7) is 2.50. The molecule has 1 saturated heterocycles. The van der Waals surface area contributed by atoms with Crippen LogP contribution in [0.5, 0.6) is 5.75 Å². The van der Waals surface area contributed by atoms with Crippen LogP contribution in [0, 0.1) is 10.1 Å². The highest BCUT2D eigenvalue weighted by atomic mass is 16.6. The molecule has 0 aliphatic carbocycles. The molecule has 0 aromatic heterocycles. The van der Waals surface area contributed by atoms with Gasteiger partial charge in [-0.05, 0) is 26.6 Å². The average Bonchev–Trinajstić information content (AvgIpc) is 3.06. The quantitative estimate of drug-likeness (QED) is 0.621. The summed E-state index contributed by atoms with van der Waals surface area (Å²) in [5.41, 5.74) is 2.19. The van der Waals surface area contributed by atoms with Crippen LogP contribution in [-0.4, -0.2) is 49.7 Å². The molecule has 20 heavy (non-hydrogen) atoms. The van der Waals surface area contributed by atoms with Gasteiger partial charge < -0.3 is 14.5 Å². The van der Waals surface area contributed by atoms with Gasteiger partial charge in [-0.15, -0.1) is 0 Å². The van der Waals surface area contributed by atoms with Gasteiger partial charge in [-0.2, -0.15) is 0 Å². The van der Waals surface area contributed by atoms with Crippen molar-refractivity contribution in [3.8, 4) is 5.75 Å². The summed E-state index contributed by atoms with van der Waals surface area (Å²) in [5, 5.41) is 11.0. The second-order valence-electron chi connectivity index (χ2n) is 5.62. The second kappa shape index (κ2) is 4.94. The molecule has 6 nitrogen and oxygen atoms in total. The van der Waals surface area contributed by atoms with Gasteiger partial charge in [0.05, 0.1) is 11.5 Å². The van der Waals surface area contributed by atoms with E-state index in [0.717, 1.165) is 37.2 Å². The number of anilines is 1. The number of ether oxygens (including phenoxy) is 1. The van der Waals surface area contributed by atoms with Crippen molar-refractivity contribution in [1.82, 2.24) is 4.90 Å². The van der Waals surface area contributed by atoms with E-state index in [-0.39, 0.29) is 10.6 Å². The molecule has 2 aliphatic heterocycles. The average molecular weight is 277 g/mol. The third kappa shape index (κ3) is 2.10. The minimum absolute atomic E-state index is 0.0876. The molecule has 1 aromatic carbocycles. The van der Waals surface area contributed by atoms with Gasteiger partial charge >= 0.3 is 5.69 Å². The first-order chi connectivity index (χ1) is 9.58. The fourth-order valence-electron chi connectivity index (χ4n) is 3.09. The first-order valence-electron chi connectivity index (χ1n) is 6.92. The molecular weight excluding hydrogens is 258 g/mol. The minimum Gasteiger partial charge on any atom is -0.486 e. The molecule has 1 aromatic rings. The van der Waals surface area contributed by atoms with E-state index in [0.29, 0.717) is 18.4 Å². The molecule has 1 unspecified atom stereocenters. The van der Waals surface area contributed by atoms with Gasteiger partial charge in [-0.25, -0.2) is 0 Å². The van der Waals surface area contributed by atoms with Gasteiger partial charge in [0.2, 0.25) is 5.75 Å². The Hall–Kier alpha value is -1.82. The Bertz CT molecular complexity index is 545. The van der Waals surface area contributed by atoms with E-state index >= 15 is 0 Å². The highest BCUT2D eigenvalue weighted by Crippen LogP contribution is 2.42. The van der Waals surface area contributed by atoms with E-state index in [1.807, 2.05) is 6.07 Å². The van der Waals surface area contributed by atoms with Gasteiger partial charge in [0, 0.05) is 42.9 Å². The highest BCUT2D eigenvalue weighted by Gasteiger charge is 2.31.